The number of sulfonamides is 1. The van der Waals surface area contributed by atoms with Gasteiger partial charge in [-0.2, -0.15) is 0 Å². The highest BCUT2D eigenvalue weighted by Gasteiger charge is 2.20. The molecule has 8 heteroatoms. The van der Waals surface area contributed by atoms with Crippen molar-refractivity contribution in [2.45, 2.75) is 30.3 Å². The summed E-state index contributed by atoms with van der Waals surface area (Å²) >= 11 is 0. The predicted octanol–water partition coefficient (Wildman–Crippen LogP) is 2.26. The van der Waals surface area contributed by atoms with E-state index in [1.165, 1.54) is 36.4 Å². The van der Waals surface area contributed by atoms with Crippen molar-refractivity contribution in [1.29, 1.82) is 0 Å². The maximum atomic E-state index is 12.9. The summed E-state index contributed by atoms with van der Waals surface area (Å²) in [6.45, 7) is 1.30. The first-order valence-corrected chi connectivity index (χ1v) is 10.7. The zero-order valence-electron chi connectivity index (χ0n) is 15.4. The number of carbonyl (C=O) groups is 1. The van der Waals surface area contributed by atoms with Gasteiger partial charge in [0.15, 0.2) is 0 Å². The third kappa shape index (κ3) is 5.60. The van der Waals surface area contributed by atoms with E-state index in [2.05, 4.69) is 10.0 Å². The molecule has 0 spiro atoms. The summed E-state index contributed by atoms with van der Waals surface area (Å²) in [7, 11) is -3.64. The molecule has 150 valence electrons. The van der Waals surface area contributed by atoms with Gasteiger partial charge in [-0.25, -0.2) is 17.5 Å². The van der Waals surface area contributed by atoms with E-state index >= 15 is 0 Å². The molecule has 1 saturated heterocycles. The fourth-order valence-electron chi connectivity index (χ4n) is 2.95. The molecule has 2 aromatic carbocycles. The summed E-state index contributed by atoms with van der Waals surface area (Å²) in [4.78, 5) is 12.3. The van der Waals surface area contributed by atoms with Crippen molar-refractivity contribution in [2.75, 3.05) is 19.7 Å². The monoisotopic (exact) mass is 406 g/mol. The van der Waals surface area contributed by atoms with Crippen molar-refractivity contribution in [3.8, 4) is 0 Å². The van der Waals surface area contributed by atoms with E-state index in [4.69, 9.17) is 4.74 Å². The molecule has 2 N–H and O–H groups in total. The van der Waals surface area contributed by atoms with Gasteiger partial charge in [-0.15, -0.1) is 0 Å². The van der Waals surface area contributed by atoms with Crippen LogP contribution in [0.4, 0.5) is 4.39 Å². The van der Waals surface area contributed by atoms with Gasteiger partial charge in [-0.3, -0.25) is 4.79 Å². The molecule has 0 aliphatic carbocycles. The van der Waals surface area contributed by atoms with Crippen LogP contribution in [0.15, 0.2) is 53.4 Å². The quantitative estimate of drug-likeness (QED) is 0.704. The molecule has 1 fully saturated rings. The highest BCUT2D eigenvalue weighted by molar-refractivity contribution is 7.89. The fraction of sp³-hybridized carbons (Fsp3) is 0.350. The van der Waals surface area contributed by atoms with Crippen LogP contribution in [0.1, 0.15) is 28.8 Å². The summed E-state index contributed by atoms with van der Waals surface area (Å²) in [5, 5.41) is 2.77. The van der Waals surface area contributed by atoms with Gasteiger partial charge >= 0.3 is 0 Å². The molecule has 3 rings (SSSR count). The number of rotatable bonds is 8. The minimum absolute atomic E-state index is 0.0825. The smallest absolute Gasteiger partial charge is 0.251 e. The Bertz CT molecular complexity index is 893. The van der Waals surface area contributed by atoms with Crippen molar-refractivity contribution < 1.29 is 22.3 Å². The molecule has 1 atom stereocenters. The van der Waals surface area contributed by atoms with Crippen LogP contribution < -0.4 is 10.0 Å². The molecule has 0 aromatic heterocycles. The highest BCUT2D eigenvalue weighted by atomic mass is 32.2. The SMILES string of the molecule is O=C(NCCc1ccc(F)cc1)c1ccc(S(=O)(=O)NC[C@@H]2CCCO2)cc1. The second-order valence-electron chi connectivity index (χ2n) is 6.64. The Hall–Kier alpha value is -2.29. The summed E-state index contributed by atoms with van der Waals surface area (Å²) in [5.74, 6) is -0.591. The van der Waals surface area contributed by atoms with Crippen molar-refractivity contribution in [3.05, 3.63) is 65.5 Å². The zero-order valence-corrected chi connectivity index (χ0v) is 16.2. The van der Waals surface area contributed by atoms with Crippen molar-refractivity contribution >= 4 is 15.9 Å². The number of amides is 1. The van der Waals surface area contributed by atoms with Crippen LogP contribution in [0.2, 0.25) is 0 Å². The Morgan fingerprint density at radius 3 is 2.46 bits per heavy atom. The molecule has 0 radical (unpaired) electrons. The van der Waals surface area contributed by atoms with E-state index in [1.54, 1.807) is 12.1 Å². The first-order valence-electron chi connectivity index (χ1n) is 9.18. The second kappa shape index (κ2) is 9.27. The third-order valence-electron chi connectivity index (χ3n) is 4.56. The highest BCUT2D eigenvalue weighted by Crippen LogP contribution is 2.14. The summed E-state index contributed by atoms with van der Waals surface area (Å²) in [6, 6.07) is 11.9. The van der Waals surface area contributed by atoms with Crippen LogP contribution in [0.25, 0.3) is 0 Å². The first-order chi connectivity index (χ1) is 13.4. The third-order valence-corrected chi connectivity index (χ3v) is 6.00. The number of ether oxygens (including phenoxy) is 1. The summed E-state index contributed by atoms with van der Waals surface area (Å²) in [6.07, 6.45) is 2.28. The standard InChI is InChI=1S/C20H23FN2O4S/c21-17-7-3-15(4-8-17)11-12-22-20(24)16-5-9-19(10-6-16)28(25,26)23-14-18-2-1-13-27-18/h3-10,18,23H,1-2,11-14H2,(H,22,24)/t18-/m0/s1. The van der Waals surface area contributed by atoms with E-state index in [-0.39, 0.29) is 29.3 Å². The lowest BCUT2D eigenvalue weighted by Crippen LogP contribution is -2.32. The summed E-state index contributed by atoms with van der Waals surface area (Å²) in [5.41, 5.74) is 1.29. The van der Waals surface area contributed by atoms with E-state index < -0.39 is 10.0 Å². The number of hydrogen-bond acceptors (Lipinski definition) is 4. The maximum absolute atomic E-state index is 12.9. The second-order valence-corrected chi connectivity index (χ2v) is 8.41. The van der Waals surface area contributed by atoms with Gasteiger partial charge in [0.05, 0.1) is 11.0 Å². The molecule has 2 aromatic rings. The van der Waals surface area contributed by atoms with E-state index in [1.807, 2.05) is 0 Å². The molecule has 0 bridgehead atoms. The van der Waals surface area contributed by atoms with Gasteiger partial charge in [0.1, 0.15) is 5.82 Å². The topological polar surface area (TPSA) is 84.5 Å². The minimum atomic E-state index is -3.64. The van der Waals surface area contributed by atoms with Gasteiger partial charge in [0.25, 0.3) is 5.91 Å². The number of benzene rings is 2. The molecular weight excluding hydrogens is 383 g/mol. The molecule has 28 heavy (non-hydrogen) atoms. The number of halogens is 1. The fourth-order valence-corrected chi connectivity index (χ4v) is 4.02. The van der Waals surface area contributed by atoms with Crippen molar-refractivity contribution in [2.24, 2.45) is 0 Å². The van der Waals surface area contributed by atoms with Gasteiger partial charge < -0.3 is 10.1 Å². The Morgan fingerprint density at radius 2 is 1.82 bits per heavy atom. The predicted molar refractivity (Wildman–Crippen MR) is 103 cm³/mol. The van der Waals surface area contributed by atoms with Crippen LogP contribution in [0.5, 0.6) is 0 Å². The lowest BCUT2D eigenvalue weighted by molar-refractivity contribution is 0.0954. The van der Waals surface area contributed by atoms with Gasteiger partial charge in [-0.1, -0.05) is 12.1 Å². The first kappa shape index (κ1) is 20.4. The van der Waals surface area contributed by atoms with Crippen molar-refractivity contribution in [1.82, 2.24) is 10.0 Å². The van der Waals surface area contributed by atoms with E-state index in [0.717, 1.165) is 18.4 Å². The van der Waals surface area contributed by atoms with Crippen LogP contribution in [0, 0.1) is 5.82 Å². The normalized spacial score (nSPS) is 16.8. The lowest BCUT2D eigenvalue weighted by atomic mass is 10.1. The molecule has 1 aliphatic heterocycles. The minimum Gasteiger partial charge on any atom is -0.377 e. The van der Waals surface area contributed by atoms with Gasteiger partial charge in [-0.05, 0) is 61.2 Å². The molecular formula is C20H23FN2O4S. The van der Waals surface area contributed by atoms with Crippen LogP contribution >= 0.6 is 0 Å². The van der Waals surface area contributed by atoms with Crippen LogP contribution in [-0.4, -0.2) is 40.1 Å². The number of hydrogen-bond donors (Lipinski definition) is 2. The number of carbonyl (C=O) groups excluding carboxylic acids is 1. The largest absolute Gasteiger partial charge is 0.377 e. The Balaban J connectivity index is 1.50. The van der Waals surface area contributed by atoms with Crippen LogP contribution in [-0.2, 0) is 21.2 Å². The zero-order chi connectivity index (χ0) is 20.0. The summed E-state index contributed by atoms with van der Waals surface area (Å²) < 4.78 is 45.5. The Kier molecular flexibility index (Phi) is 6.77. The molecule has 1 heterocycles. The lowest BCUT2D eigenvalue weighted by Gasteiger charge is -2.12. The Labute approximate surface area is 164 Å². The van der Waals surface area contributed by atoms with Crippen molar-refractivity contribution in [3.63, 3.8) is 0 Å². The van der Waals surface area contributed by atoms with Crippen LogP contribution in [0.3, 0.4) is 0 Å². The number of nitrogens with one attached hydrogen (secondary N) is 2. The maximum Gasteiger partial charge on any atom is 0.251 e. The molecule has 1 amide bonds. The average Bonchev–Trinajstić information content (AvgIpc) is 3.22. The molecule has 6 nitrogen and oxygen atoms in total. The van der Waals surface area contributed by atoms with E-state index in [0.29, 0.717) is 25.1 Å². The van der Waals surface area contributed by atoms with Gasteiger partial charge in [0, 0.05) is 25.3 Å². The molecule has 0 saturated carbocycles. The molecule has 0 unspecified atom stereocenters. The van der Waals surface area contributed by atoms with Gasteiger partial charge in [0.2, 0.25) is 10.0 Å². The van der Waals surface area contributed by atoms with E-state index in [9.17, 15) is 17.6 Å². The average molecular weight is 406 g/mol. The Morgan fingerprint density at radius 1 is 1.11 bits per heavy atom. The molecule has 1 aliphatic rings.